The molecule has 0 saturated heterocycles. The molecule has 1 aromatic heterocycles. The normalized spacial score (nSPS) is 11.7. The SMILES string of the molecule is Cc1c(Cl)cccc1S(=O)(=O)Nc1ccccc1CCc1nc2ccccc2n1C. The van der Waals surface area contributed by atoms with Gasteiger partial charge in [0, 0.05) is 18.5 Å². The molecule has 1 heterocycles. The fourth-order valence-electron chi connectivity index (χ4n) is 3.58. The Kier molecular flexibility index (Phi) is 5.54. The number of hydrogen-bond donors (Lipinski definition) is 1. The predicted octanol–water partition coefficient (Wildman–Crippen LogP) is 5.12. The summed E-state index contributed by atoms with van der Waals surface area (Å²) in [4.78, 5) is 4.89. The molecule has 5 nitrogen and oxygen atoms in total. The number of nitrogens with zero attached hydrogens (tertiary/aromatic N) is 2. The van der Waals surface area contributed by atoms with Gasteiger partial charge in [0.25, 0.3) is 10.0 Å². The molecule has 0 aliphatic heterocycles. The predicted molar refractivity (Wildman–Crippen MR) is 122 cm³/mol. The van der Waals surface area contributed by atoms with Gasteiger partial charge in [-0.2, -0.15) is 0 Å². The van der Waals surface area contributed by atoms with E-state index in [0.717, 1.165) is 22.4 Å². The summed E-state index contributed by atoms with van der Waals surface area (Å²) in [7, 11) is -1.75. The minimum atomic E-state index is -3.76. The Labute approximate surface area is 181 Å². The number of fused-ring (bicyclic) bond motifs is 1. The van der Waals surface area contributed by atoms with Crippen LogP contribution in [0.2, 0.25) is 5.02 Å². The molecule has 30 heavy (non-hydrogen) atoms. The van der Waals surface area contributed by atoms with Crippen LogP contribution in [0.15, 0.2) is 71.6 Å². The van der Waals surface area contributed by atoms with Crippen molar-refractivity contribution < 1.29 is 8.42 Å². The first-order valence-electron chi connectivity index (χ1n) is 9.63. The summed E-state index contributed by atoms with van der Waals surface area (Å²) in [6, 6.07) is 20.3. The van der Waals surface area contributed by atoms with E-state index in [2.05, 4.69) is 9.29 Å². The molecule has 1 N–H and O–H groups in total. The van der Waals surface area contributed by atoms with Crippen LogP contribution in [0.5, 0.6) is 0 Å². The molecule has 0 saturated carbocycles. The van der Waals surface area contributed by atoms with Crippen molar-refractivity contribution in [2.45, 2.75) is 24.7 Å². The molecule has 0 aliphatic carbocycles. The number of imidazole rings is 1. The van der Waals surface area contributed by atoms with E-state index in [9.17, 15) is 8.42 Å². The minimum absolute atomic E-state index is 0.181. The molecule has 0 aliphatic rings. The summed E-state index contributed by atoms with van der Waals surface area (Å²) in [5.41, 5.74) is 4.05. The number of hydrogen-bond acceptors (Lipinski definition) is 3. The first-order chi connectivity index (χ1) is 14.4. The average Bonchev–Trinajstić information content (AvgIpc) is 3.05. The van der Waals surface area contributed by atoms with Gasteiger partial charge in [-0.3, -0.25) is 4.72 Å². The molecule has 0 spiro atoms. The number of anilines is 1. The van der Waals surface area contributed by atoms with E-state index in [1.54, 1.807) is 31.2 Å². The van der Waals surface area contributed by atoms with E-state index in [1.165, 1.54) is 0 Å². The van der Waals surface area contributed by atoms with Crippen molar-refractivity contribution in [2.75, 3.05) is 4.72 Å². The van der Waals surface area contributed by atoms with Crippen molar-refractivity contribution in [1.29, 1.82) is 0 Å². The van der Waals surface area contributed by atoms with Crippen LogP contribution >= 0.6 is 11.6 Å². The smallest absolute Gasteiger partial charge is 0.262 e. The zero-order chi connectivity index (χ0) is 21.3. The Morgan fingerprint density at radius 3 is 2.50 bits per heavy atom. The number of benzene rings is 3. The third-order valence-corrected chi connectivity index (χ3v) is 7.19. The Bertz CT molecular complexity index is 1330. The standard InChI is InChI=1S/C23H22ClN3O2S/c1-16-18(24)9-7-13-22(16)30(28,29)26-19-10-4-3-8-17(19)14-15-23-25-20-11-5-6-12-21(20)27(23)2/h3-13,26H,14-15H2,1-2H3. The van der Waals surface area contributed by atoms with Crippen LogP contribution in [-0.2, 0) is 29.9 Å². The van der Waals surface area contributed by atoms with Crippen LogP contribution in [-0.4, -0.2) is 18.0 Å². The van der Waals surface area contributed by atoms with Gasteiger partial charge in [0.1, 0.15) is 5.82 Å². The van der Waals surface area contributed by atoms with Crippen molar-refractivity contribution in [3.05, 3.63) is 88.7 Å². The first-order valence-corrected chi connectivity index (χ1v) is 11.5. The molecule has 0 radical (unpaired) electrons. The van der Waals surface area contributed by atoms with E-state index in [-0.39, 0.29) is 4.90 Å². The van der Waals surface area contributed by atoms with Gasteiger partial charge >= 0.3 is 0 Å². The Morgan fingerprint density at radius 2 is 1.70 bits per heavy atom. The highest BCUT2D eigenvalue weighted by Gasteiger charge is 2.19. The number of aromatic nitrogens is 2. The van der Waals surface area contributed by atoms with Gasteiger partial charge in [-0.25, -0.2) is 13.4 Å². The van der Waals surface area contributed by atoms with Gasteiger partial charge in [0.15, 0.2) is 0 Å². The second-order valence-corrected chi connectivity index (χ2v) is 9.26. The number of sulfonamides is 1. The number of nitrogens with one attached hydrogen (secondary N) is 1. The van der Waals surface area contributed by atoms with E-state index in [4.69, 9.17) is 16.6 Å². The van der Waals surface area contributed by atoms with Crippen molar-refractivity contribution in [1.82, 2.24) is 9.55 Å². The van der Waals surface area contributed by atoms with E-state index in [0.29, 0.717) is 29.1 Å². The van der Waals surface area contributed by atoms with Gasteiger partial charge < -0.3 is 4.57 Å². The summed E-state index contributed by atoms with van der Waals surface area (Å²) >= 11 is 6.12. The Morgan fingerprint density at radius 1 is 0.967 bits per heavy atom. The lowest BCUT2D eigenvalue weighted by molar-refractivity contribution is 0.600. The molecule has 4 aromatic rings. The molecule has 3 aromatic carbocycles. The van der Waals surface area contributed by atoms with Crippen molar-refractivity contribution in [2.24, 2.45) is 7.05 Å². The fourth-order valence-corrected chi connectivity index (χ4v) is 5.18. The minimum Gasteiger partial charge on any atom is -0.331 e. The van der Waals surface area contributed by atoms with Crippen molar-refractivity contribution in [3.8, 4) is 0 Å². The Hall–Kier alpha value is -2.83. The maximum absolute atomic E-state index is 13.0. The highest BCUT2D eigenvalue weighted by molar-refractivity contribution is 7.92. The number of aryl methyl sites for hydroxylation is 3. The van der Waals surface area contributed by atoms with Gasteiger partial charge in [-0.1, -0.05) is 48.0 Å². The molecule has 0 unspecified atom stereocenters. The third kappa shape index (κ3) is 3.93. The van der Waals surface area contributed by atoms with Gasteiger partial charge in [0.2, 0.25) is 0 Å². The van der Waals surface area contributed by atoms with E-state index < -0.39 is 10.0 Å². The largest absolute Gasteiger partial charge is 0.331 e. The lowest BCUT2D eigenvalue weighted by atomic mass is 10.1. The van der Waals surface area contributed by atoms with Crippen LogP contribution in [0.4, 0.5) is 5.69 Å². The maximum atomic E-state index is 13.0. The second kappa shape index (κ2) is 8.13. The van der Waals surface area contributed by atoms with Gasteiger partial charge in [-0.05, 0) is 54.8 Å². The average molecular weight is 440 g/mol. The first kappa shape index (κ1) is 20.4. The lowest BCUT2D eigenvalue weighted by Gasteiger charge is -2.14. The quantitative estimate of drug-likeness (QED) is 0.453. The van der Waals surface area contributed by atoms with Gasteiger partial charge in [0.05, 0.1) is 21.6 Å². The maximum Gasteiger partial charge on any atom is 0.262 e. The summed E-state index contributed by atoms with van der Waals surface area (Å²) in [6.07, 6.45) is 1.35. The highest BCUT2D eigenvalue weighted by atomic mass is 35.5. The zero-order valence-corrected chi connectivity index (χ0v) is 18.3. The van der Waals surface area contributed by atoms with Crippen LogP contribution in [0.3, 0.4) is 0 Å². The van der Waals surface area contributed by atoms with Crippen LogP contribution in [0.25, 0.3) is 11.0 Å². The zero-order valence-electron chi connectivity index (χ0n) is 16.8. The van der Waals surface area contributed by atoms with Crippen LogP contribution in [0.1, 0.15) is 17.0 Å². The lowest BCUT2D eigenvalue weighted by Crippen LogP contribution is -2.16. The third-order valence-electron chi connectivity index (χ3n) is 5.27. The molecule has 0 atom stereocenters. The molecule has 0 bridgehead atoms. The number of para-hydroxylation sites is 3. The molecule has 0 amide bonds. The van der Waals surface area contributed by atoms with E-state index >= 15 is 0 Å². The van der Waals surface area contributed by atoms with Crippen LogP contribution < -0.4 is 4.72 Å². The summed E-state index contributed by atoms with van der Waals surface area (Å²) < 4.78 is 30.8. The van der Waals surface area contributed by atoms with Crippen molar-refractivity contribution in [3.63, 3.8) is 0 Å². The molecule has 4 rings (SSSR count). The molecule has 7 heteroatoms. The molecular weight excluding hydrogens is 418 g/mol. The van der Waals surface area contributed by atoms with E-state index in [1.807, 2.05) is 49.5 Å². The molecular formula is C23H22ClN3O2S. The Balaban J connectivity index is 1.59. The monoisotopic (exact) mass is 439 g/mol. The summed E-state index contributed by atoms with van der Waals surface area (Å²) in [5.74, 6) is 0.958. The topological polar surface area (TPSA) is 64.0 Å². The summed E-state index contributed by atoms with van der Waals surface area (Å²) in [5, 5.41) is 0.424. The number of rotatable bonds is 6. The fraction of sp³-hybridized carbons (Fsp3) is 0.174. The van der Waals surface area contributed by atoms with Crippen LogP contribution in [0, 0.1) is 6.92 Å². The molecule has 0 fully saturated rings. The molecule has 154 valence electrons. The highest BCUT2D eigenvalue weighted by Crippen LogP contribution is 2.27. The van der Waals surface area contributed by atoms with Crippen molar-refractivity contribution >= 4 is 38.3 Å². The second-order valence-electron chi connectivity index (χ2n) is 7.20. The number of halogens is 1. The summed E-state index contributed by atoms with van der Waals surface area (Å²) in [6.45, 7) is 1.70. The van der Waals surface area contributed by atoms with Gasteiger partial charge in [-0.15, -0.1) is 0 Å².